The Morgan fingerprint density at radius 2 is 1.83 bits per heavy atom. The Labute approximate surface area is 140 Å². The molecule has 4 rings (SSSR count). The van der Waals surface area contributed by atoms with E-state index in [-0.39, 0.29) is 12.0 Å². The van der Waals surface area contributed by atoms with E-state index in [0.717, 1.165) is 16.8 Å². The van der Waals surface area contributed by atoms with Crippen LogP contribution in [0.2, 0.25) is 0 Å². The number of ether oxygens (including phenoxy) is 1. The Hall–Kier alpha value is -2.59. The van der Waals surface area contributed by atoms with E-state index in [4.69, 9.17) is 4.74 Å². The van der Waals surface area contributed by atoms with Crippen LogP contribution in [-0.2, 0) is 16.0 Å². The number of methoxy groups -OCH3 is 1. The van der Waals surface area contributed by atoms with E-state index in [1.807, 2.05) is 37.3 Å². The van der Waals surface area contributed by atoms with Crippen LogP contribution in [0.4, 0.5) is 0 Å². The van der Waals surface area contributed by atoms with Crippen LogP contribution in [0.15, 0.2) is 54.6 Å². The summed E-state index contributed by atoms with van der Waals surface area (Å²) in [6, 6.07) is 18.4. The molecule has 1 aliphatic heterocycles. The number of carbonyl (C=O) groups is 1. The van der Waals surface area contributed by atoms with Crippen LogP contribution < -0.4 is 5.32 Å². The topological polar surface area (TPSA) is 54.1 Å². The summed E-state index contributed by atoms with van der Waals surface area (Å²) in [7, 11) is 1.44. The zero-order valence-electron chi connectivity index (χ0n) is 13.8. The number of esters is 1. The molecule has 1 aromatic heterocycles. The van der Waals surface area contributed by atoms with Gasteiger partial charge >= 0.3 is 5.97 Å². The van der Waals surface area contributed by atoms with E-state index in [1.54, 1.807) is 0 Å². The fraction of sp³-hybridized carbons (Fsp3) is 0.250. The van der Waals surface area contributed by atoms with Gasteiger partial charge in [-0.1, -0.05) is 48.5 Å². The summed E-state index contributed by atoms with van der Waals surface area (Å²) in [5.41, 5.74) is 3.78. The molecule has 0 aliphatic carbocycles. The number of aromatic nitrogens is 1. The minimum Gasteiger partial charge on any atom is -0.468 e. The van der Waals surface area contributed by atoms with Gasteiger partial charge in [-0.25, -0.2) is 0 Å². The van der Waals surface area contributed by atoms with Gasteiger partial charge in [0.05, 0.1) is 13.2 Å². The summed E-state index contributed by atoms with van der Waals surface area (Å²) in [4.78, 5) is 16.0. The molecule has 0 fully saturated rings. The maximum Gasteiger partial charge on any atom is 0.326 e. The number of aromatic amines is 1. The van der Waals surface area contributed by atoms with Crippen LogP contribution in [0.25, 0.3) is 10.9 Å². The number of hydrogen-bond donors (Lipinski definition) is 2. The first-order valence-electron chi connectivity index (χ1n) is 8.13. The van der Waals surface area contributed by atoms with Crippen LogP contribution in [0.5, 0.6) is 0 Å². The lowest BCUT2D eigenvalue weighted by Crippen LogP contribution is -2.56. The van der Waals surface area contributed by atoms with Crippen molar-refractivity contribution in [3.8, 4) is 0 Å². The maximum absolute atomic E-state index is 12.4. The van der Waals surface area contributed by atoms with Crippen molar-refractivity contribution >= 4 is 16.9 Å². The van der Waals surface area contributed by atoms with E-state index in [2.05, 4.69) is 34.6 Å². The smallest absolute Gasteiger partial charge is 0.326 e. The molecule has 122 valence electrons. The predicted molar refractivity (Wildman–Crippen MR) is 93.8 cm³/mol. The first-order chi connectivity index (χ1) is 11.6. The molecule has 0 amide bonds. The molecule has 2 heterocycles. The van der Waals surface area contributed by atoms with E-state index in [1.165, 1.54) is 18.1 Å². The minimum absolute atomic E-state index is 0.0774. The summed E-state index contributed by atoms with van der Waals surface area (Å²) in [5, 5.41) is 4.68. The van der Waals surface area contributed by atoms with Gasteiger partial charge < -0.3 is 9.72 Å². The maximum atomic E-state index is 12.4. The van der Waals surface area contributed by atoms with Gasteiger partial charge in [-0.2, -0.15) is 0 Å². The molecule has 0 radical (unpaired) electrons. The molecule has 2 aromatic carbocycles. The monoisotopic (exact) mass is 320 g/mol. The highest BCUT2D eigenvalue weighted by Crippen LogP contribution is 2.38. The second kappa shape index (κ2) is 5.49. The van der Waals surface area contributed by atoms with Crippen molar-refractivity contribution in [2.45, 2.75) is 24.9 Å². The zero-order chi connectivity index (χ0) is 16.7. The Morgan fingerprint density at radius 3 is 2.58 bits per heavy atom. The second-order valence-corrected chi connectivity index (χ2v) is 6.55. The number of hydrogen-bond acceptors (Lipinski definition) is 3. The fourth-order valence-electron chi connectivity index (χ4n) is 3.70. The summed E-state index contributed by atoms with van der Waals surface area (Å²) < 4.78 is 5.07. The van der Waals surface area contributed by atoms with E-state index < -0.39 is 5.54 Å². The lowest BCUT2D eigenvalue weighted by atomic mass is 9.83. The van der Waals surface area contributed by atoms with Crippen molar-refractivity contribution in [3.63, 3.8) is 0 Å². The average Bonchev–Trinajstić information content (AvgIpc) is 2.99. The second-order valence-electron chi connectivity index (χ2n) is 6.55. The van der Waals surface area contributed by atoms with Crippen molar-refractivity contribution in [2.75, 3.05) is 7.11 Å². The van der Waals surface area contributed by atoms with E-state index in [0.29, 0.717) is 6.42 Å². The minimum atomic E-state index is -0.757. The number of H-pyrrole nitrogens is 1. The Morgan fingerprint density at radius 1 is 1.12 bits per heavy atom. The molecular weight excluding hydrogens is 300 g/mol. The van der Waals surface area contributed by atoms with Crippen LogP contribution >= 0.6 is 0 Å². The Bertz CT molecular complexity index is 900. The van der Waals surface area contributed by atoms with Gasteiger partial charge in [0.15, 0.2) is 0 Å². The highest BCUT2D eigenvalue weighted by atomic mass is 16.5. The lowest BCUT2D eigenvalue weighted by Gasteiger charge is -2.37. The number of carbonyl (C=O) groups excluding carboxylic acids is 1. The van der Waals surface area contributed by atoms with E-state index in [9.17, 15) is 4.79 Å². The SMILES string of the molecule is COC(=O)[C@@]1(C)Cc2c([nH]c3ccccc23)[C@H](c2ccccc2)N1. The van der Waals surface area contributed by atoms with E-state index >= 15 is 0 Å². The molecule has 1 aliphatic rings. The molecule has 0 spiro atoms. The molecule has 2 N–H and O–H groups in total. The van der Waals surface area contributed by atoms with Crippen molar-refractivity contribution in [2.24, 2.45) is 0 Å². The lowest BCUT2D eigenvalue weighted by molar-refractivity contribution is -0.148. The normalized spacial score (nSPS) is 23.0. The number of rotatable bonds is 2. The number of nitrogens with one attached hydrogen (secondary N) is 2. The first kappa shape index (κ1) is 15.0. The highest BCUT2D eigenvalue weighted by molar-refractivity contribution is 5.88. The van der Waals surface area contributed by atoms with Gasteiger partial charge in [0.25, 0.3) is 0 Å². The van der Waals surface area contributed by atoms with Crippen molar-refractivity contribution in [3.05, 3.63) is 71.4 Å². The predicted octanol–water partition coefficient (Wildman–Crippen LogP) is 3.33. The summed E-state index contributed by atoms with van der Waals surface area (Å²) in [6.07, 6.45) is 0.600. The van der Waals surface area contributed by atoms with Crippen LogP contribution in [-0.4, -0.2) is 23.6 Å². The van der Waals surface area contributed by atoms with Gasteiger partial charge in [-0.15, -0.1) is 0 Å². The molecule has 24 heavy (non-hydrogen) atoms. The molecule has 0 saturated heterocycles. The molecule has 0 bridgehead atoms. The first-order valence-corrected chi connectivity index (χ1v) is 8.13. The largest absolute Gasteiger partial charge is 0.468 e. The Balaban J connectivity index is 1.93. The van der Waals surface area contributed by atoms with Crippen molar-refractivity contribution < 1.29 is 9.53 Å². The Kier molecular flexibility index (Phi) is 3.43. The average molecular weight is 320 g/mol. The number of fused-ring (bicyclic) bond motifs is 3. The summed E-state index contributed by atoms with van der Waals surface area (Å²) in [6.45, 7) is 1.92. The molecule has 0 saturated carbocycles. The summed E-state index contributed by atoms with van der Waals surface area (Å²) in [5.74, 6) is -0.237. The molecular formula is C20H20N2O2. The highest BCUT2D eigenvalue weighted by Gasteiger charge is 2.43. The zero-order valence-corrected chi connectivity index (χ0v) is 13.8. The third kappa shape index (κ3) is 2.22. The fourth-order valence-corrected chi connectivity index (χ4v) is 3.70. The van der Waals surface area contributed by atoms with Crippen LogP contribution in [0.3, 0.4) is 0 Å². The third-order valence-electron chi connectivity index (χ3n) is 4.90. The van der Waals surface area contributed by atoms with Gasteiger partial charge in [-0.05, 0) is 24.1 Å². The molecule has 4 nitrogen and oxygen atoms in total. The third-order valence-corrected chi connectivity index (χ3v) is 4.90. The van der Waals surface area contributed by atoms with Gasteiger partial charge in [-0.3, -0.25) is 10.1 Å². The summed E-state index contributed by atoms with van der Waals surface area (Å²) >= 11 is 0. The molecule has 4 heteroatoms. The molecule has 0 unspecified atom stereocenters. The number of benzene rings is 2. The van der Waals surface area contributed by atoms with Crippen LogP contribution in [0, 0.1) is 0 Å². The quantitative estimate of drug-likeness (QED) is 0.712. The molecule has 3 aromatic rings. The van der Waals surface area contributed by atoms with Gasteiger partial charge in [0, 0.05) is 23.0 Å². The molecule has 2 atom stereocenters. The van der Waals surface area contributed by atoms with Gasteiger partial charge in [0.2, 0.25) is 0 Å². The van der Waals surface area contributed by atoms with Crippen molar-refractivity contribution in [1.82, 2.24) is 10.3 Å². The van der Waals surface area contributed by atoms with Crippen molar-refractivity contribution in [1.29, 1.82) is 0 Å². The number of para-hydroxylation sites is 1. The van der Waals surface area contributed by atoms with Crippen LogP contribution in [0.1, 0.15) is 29.8 Å². The standard InChI is InChI=1S/C20H20N2O2/c1-20(19(23)24-2)12-15-14-10-6-7-11-16(14)21-18(15)17(22-20)13-8-4-3-5-9-13/h3-11,17,21-22H,12H2,1-2H3/t17-,20+/m0/s1. The van der Waals surface area contributed by atoms with Gasteiger partial charge in [0.1, 0.15) is 5.54 Å².